The summed E-state index contributed by atoms with van der Waals surface area (Å²) in [6.07, 6.45) is 3.03. The highest BCUT2D eigenvalue weighted by Crippen LogP contribution is 2.38. The first-order valence-corrected chi connectivity index (χ1v) is 18.9. The van der Waals surface area contributed by atoms with E-state index in [1.54, 1.807) is 6.20 Å². The molecule has 0 aliphatic carbocycles. The van der Waals surface area contributed by atoms with Crippen LogP contribution in [0.4, 0.5) is 0 Å². The van der Waals surface area contributed by atoms with E-state index in [0.29, 0.717) is 0 Å². The van der Waals surface area contributed by atoms with E-state index in [9.17, 15) is 0 Å². The van der Waals surface area contributed by atoms with Gasteiger partial charge in [0, 0.05) is 50.9 Å². The van der Waals surface area contributed by atoms with Crippen LogP contribution in [0.5, 0.6) is 0 Å². The van der Waals surface area contributed by atoms with Gasteiger partial charge in [-0.05, 0) is 96.1 Å². The maximum absolute atomic E-state index is 5.14. The van der Waals surface area contributed by atoms with Crippen molar-refractivity contribution >= 4 is 49.4 Å². The molecule has 0 saturated carbocycles. The van der Waals surface area contributed by atoms with Crippen molar-refractivity contribution in [1.29, 1.82) is 0 Å². The van der Waals surface area contributed by atoms with E-state index in [-0.39, 0.29) is 12.3 Å². The highest BCUT2D eigenvalue weighted by molar-refractivity contribution is 6.13. The molecule has 266 valence electrons. The molecule has 0 amide bonds. The molecule has 56 heavy (non-hydrogen) atoms. The van der Waals surface area contributed by atoms with Crippen LogP contribution in [0.3, 0.4) is 0 Å². The van der Waals surface area contributed by atoms with Crippen LogP contribution >= 0.6 is 0 Å². The van der Waals surface area contributed by atoms with E-state index in [1.165, 1.54) is 43.7 Å². The fourth-order valence-corrected chi connectivity index (χ4v) is 8.32. The summed E-state index contributed by atoms with van der Waals surface area (Å²) in [4.78, 5) is 14.4. The third-order valence-corrected chi connectivity index (χ3v) is 10.9. The van der Waals surface area contributed by atoms with Gasteiger partial charge in [0.1, 0.15) is 18.2 Å². The van der Waals surface area contributed by atoms with Crippen LogP contribution in [0, 0.1) is 0 Å². The fraction of sp³-hybridized carbons (Fsp3) is 0.0408. The molecule has 0 radical (unpaired) electrons. The molecule has 4 aromatic heterocycles. The van der Waals surface area contributed by atoms with Crippen LogP contribution in [0.2, 0.25) is 0 Å². The molecular weight excluding hydrogens is 687 g/mol. The first-order valence-electron chi connectivity index (χ1n) is 18.9. The number of aliphatic imine (C=N–C) groups is 1. The molecule has 5 heterocycles. The summed E-state index contributed by atoms with van der Waals surface area (Å²) in [5.41, 5.74) is 12.0. The van der Waals surface area contributed by atoms with Gasteiger partial charge in [0.05, 0.1) is 33.5 Å². The largest absolute Gasteiger partial charge is 0.349 e. The summed E-state index contributed by atoms with van der Waals surface area (Å²) in [5.74, 6) is 0.781. The van der Waals surface area contributed by atoms with E-state index < -0.39 is 0 Å². The number of pyridine rings is 2. The topological polar surface area (TPSA) is 72.1 Å². The number of nitrogens with zero attached hydrogens (tertiary/aromatic N) is 5. The fourth-order valence-electron chi connectivity index (χ4n) is 8.32. The van der Waals surface area contributed by atoms with E-state index in [1.807, 2.05) is 42.6 Å². The number of fused-ring (bicyclic) bond motifs is 6. The molecule has 2 atom stereocenters. The van der Waals surface area contributed by atoms with Crippen LogP contribution < -0.4 is 10.6 Å². The van der Waals surface area contributed by atoms with Crippen molar-refractivity contribution < 1.29 is 0 Å². The van der Waals surface area contributed by atoms with Gasteiger partial charge in [-0.15, -0.1) is 0 Å². The van der Waals surface area contributed by atoms with Crippen molar-refractivity contribution in [3.8, 4) is 22.5 Å². The minimum atomic E-state index is -0.344. The number of rotatable bonds is 6. The maximum atomic E-state index is 5.14. The lowest BCUT2D eigenvalue weighted by atomic mass is 10.0. The van der Waals surface area contributed by atoms with Crippen molar-refractivity contribution in [2.75, 3.05) is 0 Å². The van der Waals surface area contributed by atoms with Crippen molar-refractivity contribution in [2.24, 2.45) is 4.99 Å². The Kier molecular flexibility index (Phi) is 7.57. The van der Waals surface area contributed by atoms with E-state index in [0.717, 1.165) is 45.2 Å². The molecule has 0 saturated heterocycles. The molecule has 7 heteroatoms. The van der Waals surface area contributed by atoms with Gasteiger partial charge in [0.2, 0.25) is 0 Å². The smallest absolute Gasteiger partial charge is 0.146 e. The molecule has 6 aromatic carbocycles. The number of benzene rings is 6. The molecule has 0 fully saturated rings. The lowest BCUT2D eigenvalue weighted by Crippen LogP contribution is -2.45. The van der Waals surface area contributed by atoms with Gasteiger partial charge in [-0.2, -0.15) is 0 Å². The molecule has 0 spiro atoms. The van der Waals surface area contributed by atoms with E-state index in [4.69, 9.17) is 4.99 Å². The number of nitrogens with one attached hydrogen (secondary N) is 2. The Morgan fingerprint density at radius 1 is 0.411 bits per heavy atom. The number of hydrogen-bond acceptors (Lipinski definition) is 5. The first kappa shape index (κ1) is 32.1. The Bertz CT molecular complexity index is 3090. The van der Waals surface area contributed by atoms with Gasteiger partial charge in [0.25, 0.3) is 0 Å². The zero-order valence-electron chi connectivity index (χ0n) is 30.3. The average Bonchev–Trinajstić information content (AvgIpc) is 3.79. The zero-order valence-corrected chi connectivity index (χ0v) is 30.3. The number of amidine groups is 1. The molecule has 10 aromatic rings. The third kappa shape index (κ3) is 5.36. The van der Waals surface area contributed by atoms with Gasteiger partial charge in [-0.1, -0.05) is 91.0 Å². The summed E-state index contributed by atoms with van der Waals surface area (Å²) in [5, 5.41) is 12.1. The predicted octanol–water partition coefficient (Wildman–Crippen LogP) is 10.7. The SMILES string of the molecule is c1ccc(-n2c3ccccc3c3cc(-c4ccc5c(c4)c4ccccc4n5-c4cccc(C5=NC(c6ccccn6)NC(c6ccccn6)N5)c4)ccc32)cc1. The van der Waals surface area contributed by atoms with Gasteiger partial charge in [-0.25, -0.2) is 4.99 Å². The molecular formula is C49H35N7. The second-order valence-corrected chi connectivity index (χ2v) is 14.2. The standard InChI is InChI=1S/C49H35N7/c1-2-14-35(15-3-1)55-43-21-6-4-17-37(43)39-30-32(23-25-45(39)55)33-24-26-46-40(31-33)38-18-5-7-22-44(38)56(46)36-16-12-13-34(29-36)47-52-48(41-19-8-10-27-50-41)54-49(53-47)42-20-9-11-28-51-42/h1-31,48-49,54H,(H,52,53). The van der Waals surface area contributed by atoms with Gasteiger partial charge in [-0.3, -0.25) is 15.3 Å². The average molecular weight is 722 g/mol. The molecule has 1 aliphatic rings. The summed E-state index contributed by atoms with van der Waals surface area (Å²) < 4.78 is 4.73. The zero-order chi connectivity index (χ0) is 37.0. The van der Waals surface area contributed by atoms with Crippen LogP contribution in [0.25, 0.3) is 66.1 Å². The summed E-state index contributed by atoms with van der Waals surface area (Å²) in [6, 6.07) is 62.2. The Balaban J connectivity index is 1.02. The minimum absolute atomic E-state index is 0.250. The second kappa shape index (κ2) is 13.2. The van der Waals surface area contributed by atoms with Crippen molar-refractivity contribution in [1.82, 2.24) is 29.7 Å². The highest BCUT2D eigenvalue weighted by Gasteiger charge is 2.27. The first-order chi connectivity index (χ1) is 27.8. The number of para-hydroxylation sites is 3. The lowest BCUT2D eigenvalue weighted by molar-refractivity contribution is 0.396. The van der Waals surface area contributed by atoms with Crippen molar-refractivity contribution in [3.63, 3.8) is 0 Å². The molecule has 2 N–H and O–H groups in total. The minimum Gasteiger partial charge on any atom is -0.349 e. The van der Waals surface area contributed by atoms with E-state index >= 15 is 0 Å². The van der Waals surface area contributed by atoms with Crippen molar-refractivity contribution in [2.45, 2.75) is 12.3 Å². The monoisotopic (exact) mass is 721 g/mol. The maximum Gasteiger partial charge on any atom is 0.146 e. The van der Waals surface area contributed by atoms with Gasteiger partial charge in [0.15, 0.2) is 0 Å². The molecule has 0 bridgehead atoms. The predicted molar refractivity (Wildman–Crippen MR) is 227 cm³/mol. The Morgan fingerprint density at radius 2 is 0.964 bits per heavy atom. The van der Waals surface area contributed by atoms with Crippen LogP contribution in [0.1, 0.15) is 29.3 Å². The van der Waals surface area contributed by atoms with E-state index in [2.05, 4.69) is 169 Å². The lowest BCUT2D eigenvalue weighted by Gasteiger charge is -2.31. The highest BCUT2D eigenvalue weighted by atomic mass is 15.3. The summed E-state index contributed by atoms with van der Waals surface area (Å²) in [7, 11) is 0. The van der Waals surface area contributed by atoms with Crippen LogP contribution in [-0.2, 0) is 0 Å². The number of hydrogen-bond donors (Lipinski definition) is 2. The summed E-state index contributed by atoms with van der Waals surface area (Å²) >= 11 is 0. The molecule has 11 rings (SSSR count). The molecule has 1 aliphatic heterocycles. The quantitative estimate of drug-likeness (QED) is 0.179. The normalized spacial score (nSPS) is 15.7. The summed E-state index contributed by atoms with van der Waals surface area (Å²) in [6.45, 7) is 0. The van der Waals surface area contributed by atoms with Gasteiger partial charge < -0.3 is 14.5 Å². The second-order valence-electron chi connectivity index (χ2n) is 14.2. The van der Waals surface area contributed by atoms with Gasteiger partial charge >= 0.3 is 0 Å². The van der Waals surface area contributed by atoms with Crippen LogP contribution in [-0.4, -0.2) is 24.9 Å². The number of aromatic nitrogens is 4. The Morgan fingerprint density at radius 3 is 1.61 bits per heavy atom. The Labute approximate surface area is 323 Å². The molecule has 7 nitrogen and oxygen atoms in total. The van der Waals surface area contributed by atoms with Crippen molar-refractivity contribution in [3.05, 3.63) is 205 Å². The van der Waals surface area contributed by atoms with Crippen LogP contribution in [0.15, 0.2) is 193 Å². The molecule has 2 unspecified atom stereocenters. The Hall–Kier alpha value is -7.35. The third-order valence-electron chi connectivity index (χ3n) is 10.9.